The van der Waals surface area contributed by atoms with E-state index in [0.29, 0.717) is 30.2 Å². The number of thiazole rings is 1. The molecule has 0 aliphatic carbocycles. The molecule has 22 heavy (non-hydrogen) atoms. The fourth-order valence-electron chi connectivity index (χ4n) is 2.23. The van der Waals surface area contributed by atoms with E-state index in [-0.39, 0.29) is 5.91 Å². The number of amides is 2. The lowest BCUT2D eigenvalue weighted by Crippen LogP contribution is -2.35. The molecule has 114 valence electrons. The van der Waals surface area contributed by atoms with E-state index in [9.17, 15) is 9.59 Å². The molecular formula is C14H14N4O3S. The number of methoxy groups -OCH3 is 1. The van der Waals surface area contributed by atoms with Gasteiger partial charge in [-0.15, -0.1) is 0 Å². The molecule has 1 aliphatic heterocycles. The summed E-state index contributed by atoms with van der Waals surface area (Å²) in [5, 5.41) is 3.05. The van der Waals surface area contributed by atoms with Crippen LogP contribution < -0.4 is 5.32 Å². The van der Waals surface area contributed by atoms with E-state index in [1.54, 1.807) is 29.4 Å². The molecule has 2 amide bonds. The van der Waals surface area contributed by atoms with Gasteiger partial charge in [-0.25, -0.2) is 9.78 Å². The van der Waals surface area contributed by atoms with Crippen LogP contribution in [0.1, 0.15) is 20.9 Å². The summed E-state index contributed by atoms with van der Waals surface area (Å²) >= 11 is 1.36. The second-order valence-electron chi connectivity index (χ2n) is 4.72. The SMILES string of the molecule is COC(=O)Nc1nc2c(s1)CN(C(=O)c1cccnc1)CC2. The molecule has 8 heteroatoms. The van der Waals surface area contributed by atoms with E-state index in [1.165, 1.54) is 18.4 Å². The highest BCUT2D eigenvalue weighted by Gasteiger charge is 2.25. The van der Waals surface area contributed by atoms with Crippen molar-refractivity contribution in [1.29, 1.82) is 0 Å². The quantitative estimate of drug-likeness (QED) is 0.914. The van der Waals surface area contributed by atoms with Crippen LogP contribution in [0.3, 0.4) is 0 Å². The van der Waals surface area contributed by atoms with E-state index >= 15 is 0 Å². The summed E-state index contributed by atoms with van der Waals surface area (Å²) in [6, 6.07) is 3.50. The van der Waals surface area contributed by atoms with Gasteiger partial charge in [0.1, 0.15) is 0 Å². The van der Waals surface area contributed by atoms with Crippen LogP contribution in [-0.2, 0) is 17.7 Å². The highest BCUT2D eigenvalue weighted by Crippen LogP contribution is 2.29. The Balaban J connectivity index is 1.74. The molecule has 0 fully saturated rings. The van der Waals surface area contributed by atoms with Gasteiger partial charge >= 0.3 is 6.09 Å². The van der Waals surface area contributed by atoms with Gasteiger partial charge in [0.2, 0.25) is 0 Å². The van der Waals surface area contributed by atoms with Crippen molar-refractivity contribution >= 4 is 28.5 Å². The predicted octanol–water partition coefficient (Wildman–Crippen LogP) is 1.91. The number of hydrogen-bond acceptors (Lipinski definition) is 6. The van der Waals surface area contributed by atoms with Gasteiger partial charge in [0.25, 0.3) is 5.91 Å². The molecule has 0 saturated heterocycles. The average Bonchev–Trinajstić information content (AvgIpc) is 2.96. The molecular weight excluding hydrogens is 304 g/mol. The molecule has 3 rings (SSSR count). The molecule has 0 bridgehead atoms. The smallest absolute Gasteiger partial charge is 0.413 e. The highest BCUT2D eigenvalue weighted by atomic mass is 32.1. The average molecular weight is 318 g/mol. The molecule has 0 atom stereocenters. The number of nitrogens with zero attached hydrogens (tertiary/aromatic N) is 3. The van der Waals surface area contributed by atoms with Gasteiger partial charge in [0, 0.05) is 30.2 Å². The van der Waals surface area contributed by atoms with Crippen molar-refractivity contribution in [1.82, 2.24) is 14.9 Å². The second kappa shape index (κ2) is 6.10. The topological polar surface area (TPSA) is 84.4 Å². The number of aromatic nitrogens is 2. The third-order valence-electron chi connectivity index (χ3n) is 3.32. The maximum absolute atomic E-state index is 12.4. The number of carbonyl (C=O) groups is 2. The van der Waals surface area contributed by atoms with Crippen molar-refractivity contribution in [3.05, 3.63) is 40.7 Å². The Bertz CT molecular complexity index is 701. The number of hydrogen-bond donors (Lipinski definition) is 1. The van der Waals surface area contributed by atoms with Gasteiger partial charge in [0.05, 0.1) is 24.9 Å². The van der Waals surface area contributed by atoms with E-state index in [0.717, 1.165) is 10.6 Å². The molecule has 2 aromatic heterocycles. The first kappa shape index (κ1) is 14.5. The molecule has 0 radical (unpaired) electrons. The summed E-state index contributed by atoms with van der Waals surface area (Å²) in [6.45, 7) is 1.09. The van der Waals surface area contributed by atoms with E-state index < -0.39 is 6.09 Å². The van der Waals surface area contributed by atoms with E-state index in [1.807, 2.05) is 0 Å². The Morgan fingerprint density at radius 1 is 1.45 bits per heavy atom. The Morgan fingerprint density at radius 2 is 2.32 bits per heavy atom. The zero-order valence-electron chi connectivity index (χ0n) is 11.9. The van der Waals surface area contributed by atoms with Gasteiger partial charge in [-0.1, -0.05) is 11.3 Å². The summed E-state index contributed by atoms with van der Waals surface area (Å²) in [5.41, 5.74) is 1.50. The highest BCUT2D eigenvalue weighted by molar-refractivity contribution is 7.15. The number of rotatable bonds is 2. The monoisotopic (exact) mass is 318 g/mol. The molecule has 0 saturated carbocycles. The van der Waals surface area contributed by atoms with Crippen LogP contribution in [0.5, 0.6) is 0 Å². The Hall–Kier alpha value is -2.48. The van der Waals surface area contributed by atoms with Crippen molar-refractivity contribution in [2.24, 2.45) is 0 Å². The molecule has 0 aromatic carbocycles. The van der Waals surface area contributed by atoms with Crippen molar-refractivity contribution in [2.45, 2.75) is 13.0 Å². The van der Waals surface area contributed by atoms with Crippen LogP contribution in [0.2, 0.25) is 0 Å². The number of anilines is 1. The van der Waals surface area contributed by atoms with Crippen LogP contribution >= 0.6 is 11.3 Å². The Morgan fingerprint density at radius 3 is 3.05 bits per heavy atom. The second-order valence-corrected chi connectivity index (χ2v) is 5.81. The van der Waals surface area contributed by atoms with Gasteiger partial charge in [-0.05, 0) is 12.1 Å². The van der Waals surface area contributed by atoms with Gasteiger partial charge in [0.15, 0.2) is 5.13 Å². The summed E-state index contributed by atoms with van der Waals surface area (Å²) in [5.74, 6) is -0.0466. The number of fused-ring (bicyclic) bond motifs is 1. The van der Waals surface area contributed by atoms with Crippen molar-refractivity contribution in [3.63, 3.8) is 0 Å². The third-order valence-corrected chi connectivity index (χ3v) is 4.32. The van der Waals surface area contributed by atoms with Crippen molar-refractivity contribution in [2.75, 3.05) is 19.0 Å². The number of nitrogens with one attached hydrogen (secondary N) is 1. The molecule has 2 aromatic rings. The molecule has 1 aliphatic rings. The minimum absolute atomic E-state index is 0.0466. The predicted molar refractivity (Wildman–Crippen MR) is 80.8 cm³/mol. The van der Waals surface area contributed by atoms with E-state index in [4.69, 9.17) is 0 Å². The maximum Gasteiger partial charge on any atom is 0.413 e. The first-order valence-corrected chi connectivity index (χ1v) is 7.52. The third kappa shape index (κ3) is 2.91. The summed E-state index contributed by atoms with van der Waals surface area (Å²) in [4.78, 5) is 34.7. The normalized spacial score (nSPS) is 13.4. The van der Waals surface area contributed by atoms with Gasteiger partial charge in [-0.3, -0.25) is 15.1 Å². The lowest BCUT2D eigenvalue weighted by atomic mass is 10.1. The fourth-order valence-corrected chi connectivity index (χ4v) is 3.24. The van der Waals surface area contributed by atoms with Crippen LogP contribution in [-0.4, -0.2) is 40.5 Å². The largest absolute Gasteiger partial charge is 0.453 e. The van der Waals surface area contributed by atoms with E-state index in [2.05, 4.69) is 20.0 Å². The molecule has 0 spiro atoms. The Kier molecular flexibility index (Phi) is 4.01. The zero-order chi connectivity index (χ0) is 15.5. The lowest BCUT2D eigenvalue weighted by Gasteiger charge is -2.25. The summed E-state index contributed by atoms with van der Waals surface area (Å²) in [6.07, 6.45) is 3.32. The van der Waals surface area contributed by atoms with Crippen molar-refractivity contribution in [3.8, 4) is 0 Å². The number of carbonyl (C=O) groups excluding carboxylic acids is 2. The first-order chi connectivity index (χ1) is 10.7. The number of pyridine rings is 1. The minimum atomic E-state index is -0.547. The number of ether oxygens (including phenoxy) is 1. The standard InChI is InChI=1S/C14H14N4O3S/c1-21-14(20)17-13-16-10-4-6-18(8-11(10)22-13)12(19)9-3-2-5-15-7-9/h2-3,5,7H,4,6,8H2,1H3,(H,16,17,20). The maximum atomic E-state index is 12.4. The summed E-state index contributed by atoms with van der Waals surface area (Å²) in [7, 11) is 1.30. The van der Waals surface area contributed by atoms with Crippen LogP contribution in [0, 0.1) is 0 Å². The fraction of sp³-hybridized carbons (Fsp3) is 0.286. The van der Waals surface area contributed by atoms with Crippen LogP contribution in [0.4, 0.5) is 9.93 Å². The van der Waals surface area contributed by atoms with Crippen molar-refractivity contribution < 1.29 is 14.3 Å². The molecule has 1 N–H and O–H groups in total. The van der Waals surface area contributed by atoms with Gasteiger partial charge in [-0.2, -0.15) is 0 Å². The van der Waals surface area contributed by atoms with Crippen LogP contribution in [0.25, 0.3) is 0 Å². The van der Waals surface area contributed by atoms with Gasteiger partial charge < -0.3 is 9.64 Å². The molecule has 7 nitrogen and oxygen atoms in total. The van der Waals surface area contributed by atoms with Crippen LogP contribution in [0.15, 0.2) is 24.5 Å². The first-order valence-electron chi connectivity index (χ1n) is 6.70. The molecule has 3 heterocycles. The molecule has 0 unspecified atom stereocenters. The Labute approximate surface area is 130 Å². The lowest BCUT2D eigenvalue weighted by molar-refractivity contribution is 0.0735. The minimum Gasteiger partial charge on any atom is -0.453 e. The zero-order valence-corrected chi connectivity index (χ0v) is 12.7. The summed E-state index contributed by atoms with van der Waals surface area (Å²) < 4.78 is 4.55.